The Kier molecular flexibility index (Phi) is 4.81. The van der Waals surface area contributed by atoms with E-state index in [1.54, 1.807) is 0 Å². The molecule has 110 valence electrons. The summed E-state index contributed by atoms with van der Waals surface area (Å²) in [4.78, 5) is 14.6. The zero-order chi connectivity index (χ0) is 14.6. The van der Waals surface area contributed by atoms with E-state index < -0.39 is 0 Å². The van der Waals surface area contributed by atoms with Gasteiger partial charge in [0.2, 0.25) is 5.91 Å². The molecule has 1 aliphatic rings. The molecule has 1 saturated carbocycles. The van der Waals surface area contributed by atoms with Crippen LogP contribution in [0.4, 0.5) is 0 Å². The van der Waals surface area contributed by atoms with Gasteiger partial charge in [0.05, 0.1) is 0 Å². The number of benzene rings is 1. The fourth-order valence-corrected chi connectivity index (χ4v) is 2.89. The van der Waals surface area contributed by atoms with Crippen LogP contribution in [0, 0.1) is 5.41 Å². The van der Waals surface area contributed by atoms with Crippen molar-refractivity contribution in [2.24, 2.45) is 11.1 Å². The molecule has 0 atom stereocenters. The number of carbonyl (C=O) groups is 1. The van der Waals surface area contributed by atoms with E-state index in [0.717, 1.165) is 12.8 Å². The first-order valence-electron chi connectivity index (χ1n) is 7.60. The predicted octanol–water partition coefficient (Wildman–Crippen LogP) is 2.94. The van der Waals surface area contributed by atoms with Gasteiger partial charge in [0.25, 0.3) is 0 Å². The summed E-state index contributed by atoms with van der Waals surface area (Å²) in [7, 11) is 0. The van der Waals surface area contributed by atoms with Crippen molar-refractivity contribution in [3.8, 4) is 0 Å². The zero-order valence-electron chi connectivity index (χ0n) is 12.6. The van der Waals surface area contributed by atoms with Crippen LogP contribution in [0.5, 0.6) is 0 Å². The van der Waals surface area contributed by atoms with Crippen molar-refractivity contribution < 1.29 is 4.79 Å². The molecule has 2 rings (SSSR count). The van der Waals surface area contributed by atoms with Gasteiger partial charge in [0.15, 0.2) is 0 Å². The first kappa shape index (κ1) is 15.0. The number of hydrogen-bond acceptors (Lipinski definition) is 2. The molecule has 0 unspecified atom stereocenters. The Morgan fingerprint density at radius 2 is 1.95 bits per heavy atom. The molecule has 1 aromatic rings. The molecule has 1 fully saturated rings. The van der Waals surface area contributed by atoms with E-state index in [0.29, 0.717) is 19.5 Å². The fourth-order valence-electron chi connectivity index (χ4n) is 2.89. The van der Waals surface area contributed by atoms with E-state index in [1.165, 1.54) is 12.0 Å². The maximum Gasteiger partial charge on any atom is 0.223 e. The summed E-state index contributed by atoms with van der Waals surface area (Å²) < 4.78 is 0. The molecule has 0 spiro atoms. The van der Waals surface area contributed by atoms with Crippen LogP contribution >= 0.6 is 0 Å². The third-order valence-electron chi connectivity index (χ3n) is 4.51. The van der Waals surface area contributed by atoms with Crippen molar-refractivity contribution >= 4 is 5.91 Å². The number of amides is 1. The van der Waals surface area contributed by atoms with Gasteiger partial charge in [-0.25, -0.2) is 0 Å². The Morgan fingerprint density at radius 3 is 2.40 bits per heavy atom. The molecular formula is C17H26N2O. The Labute approximate surface area is 122 Å². The molecule has 2 N–H and O–H groups in total. The summed E-state index contributed by atoms with van der Waals surface area (Å²) in [6.07, 6.45) is 4.03. The van der Waals surface area contributed by atoms with Gasteiger partial charge < -0.3 is 10.6 Å². The third-order valence-corrected chi connectivity index (χ3v) is 4.51. The van der Waals surface area contributed by atoms with Crippen LogP contribution in [0.25, 0.3) is 0 Å². The molecule has 1 aliphatic carbocycles. The second kappa shape index (κ2) is 6.40. The topological polar surface area (TPSA) is 46.3 Å². The lowest BCUT2D eigenvalue weighted by molar-refractivity contribution is -0.137. The van der Waals surface area contributed by atoms with Crippen LogP contribution in [0.3, 0.4) is 0 Å². The number of nitrogens with zero attached hydrogens (tertiary/aromatic N) is 1. The molecule has 0 saturated heterocycles. The molecule has 0 bridgehead atoms. The van der Waals surface area contributed by atoms with Gasteiger partial charge in [-0.05, 0) is 44.2 Å². The summed E-state index contributed by atoms with van der Waals surface area (Å²) in [6.45, 7) is 5.49. The number of carbonyl (C=O) groups excluding carboxylic acids is 1. The highest BCUT2D eigenvalue weighted by Crippen LogP contribution is 2.43. The minimum atomic E-state index is 0.0842. The molecule has 0 heterocycles. The Balaban J connectivity index is 2.03. The van der Waals surface area contributed by atoms with Gasteiger partial charge >= 0.3 is 0 Å². The summed E-state index contributed by atoms with van der Waals surface area (Å²) in [5, 5.41) is 0. The van der Waals surface area contributed by atoms with Gasteiger partial charge in [-0.1, -0.05) is 36.8 Å². The minimum Gasteiger partial charge on any atom is -0.336 e. The molecule has 20 heavy (non-hydrogen) atoms. The molecule has 0 radical (unpaired) electrons. The van der Waals surface area contributed by atoms with Gasteiger partial charge in [0.1, 0.15) is 0 Å². The molecule has 1 amide bonds. The van der Waals surface area contributed by atoms with Gasteiger partial charge in [0, 0.05) is 19.0 Å². The smallest absolute Gasteiger partial charge is 0.223 e. The SMILES string of the molecule is CC(C)N(Cc1ccccc1)C(=O)CC1(CN)CCC1. The lowest BCUT2D eigenvalue weighted by atomic mass is 9.66. The number of nitrogens with two attached hydrogens (primary N) is 1. The van der Waals surface area contributed by atoms with Crippen LogP contribution < -0.4 is 5.73 Å². The highest BCUT2D eigenvalue weighted by atomic mass is 16.2. The van der Waals surface area contributed by atoms with E-state index in [2.05, 4.69) is 26.0 Å². The van der Waals surface area contributed by atoms with Crippen molar-refractivity contribution in [2.45, 2.75) is 52.1 Å². The molecule has 0 aromatic heterocycles. The van der Waals surface area contributed by atoms with E-state index in [-0.39, 0.29) is 17.4 Å². The van der Waals surface area contributed by atoms with Crippen molar-refractivity contribution in [3.63, 3.8) is 0 Å². The molecule has 0 aliphatic heterocycles. The predicted molar refractivity (Wildman–Crippen MR) is 82.1 cm³/mol. The summed E-state index contributed by atoms with van der Waals surface area (Å²) >= 11 is 0. The first-order valence-corrected chi connectivity index (χ1v) is 7.60. The largest absolute Gasteiger partial charge is 0.336 e. The van der Waals surface area contributed by atoms with Crippen LogP contribution in [0.2, 0.25) is 0 Å². The summed E-state index contributed by atoms with van der Waals surface area (Å²) in [5.74, 6) is 0.244. The van der Waals surface area contributed by atoms with E-state index in [4.69, 9.17) is 5.73 Å². The first-order chi connectivity index (χ1) is 9.56. The third kappa shape index (κ3) is 3.40. The van der Waals surface area contributed by atoms with Crippen molar-refractivity contribution in [1.82, 2.24) is 4.90 Å². The average molecular weight is 274 g/mol. The highest BCUT2D eigenvalue weighted by molar-refractivity contribution is 5.77. The lowest BCUT2D eigenvalue weighted by Gasteiger charge is -2.42. The van der Waals surface area contributed by atoms with Crippen LogP contribution in [-0.4, -0.2) is 23.4 Å². The maximum atomic E-state index is 12.6. The standard InChI is InChI=1S/C17H26N2O/c1-14(2)19(12-15-7-4-3-5-8-15)16(20)11-17(13-18)9-6-10-17/h3-5,7-8,14H,6,9-13,18H2,1-2H3. The normalized spacial score (nSPS) is 16.8. The average Bonchev–Trinajstić information content (AvgIpc) is 2.41. The van der Waals surface area contributed by atoms with E-state index in [9.17, 15) is 4.79 Å². The zero-order valence-corrected chi connectivity index (χ0v) is 12.6. The quantitative estimate of drug-likeness (QED) is 0.867. The van der Waals surface area contributed by atoms with Gasteiger partial charge in [-0.15, -0.1) is 0 Å². The number of hydrogen-bond donors (Lipinski definition) is 1. The Bertz CT molecular complexity index is 432. The second-order valence-corrected chi connectivity index (χ2v) is 6.34. The van der Waals surface area contributed by atoms with E-state index in [1.807, 2.05) is 23.1 Å². The molecule has 1 aromatic carbocycles. The van der Waals surface area contributed by atoms with Crippen molar-refractivity contribution in [1.29, 1.82) is 0 Å². The summed E-state index contributed by atoms with van der Waals surface area (Å²) in [6, 6.07) is 10.4. The molecular weight excluding hydrogens is 248 g/mol. The van der Waals surface area contributed by atoms with Crippen molar-refractivity contribution in [3.05, 3.63) is 35.9 Å². The van der Waals surface area contributed by atoms with Crippen LogP contribution in [0.1, 0.15) is 45.1 Å². The fraction of sp³-hybridized carbons (Fsp3) is 0.588. The minimum absolute atomic E-state index is 0.0842. The Morgan fingerprint density at radius 1 is 1.30 bits per heavy atom. The van der Waals surface area contributed by atoms with Gasteiger partial charge in [-0.2, -0.15) is 0 Å². The molecule has 3 heteroatoms. The lowest BCUT2D eigenvalue weighted by Crippen LogP contribution is -2.45. The van der Waals surface area contributed by atoms with E-state index >= 15 is 0 Å². The Hall–Kier alpha value is -1.35. The van der Waals surface area contributed by atoms with Crippen LogP contribution in [-0.2, 0) is 11.3 Å². The van der Waals surface area contributed by atoms with Gasteiger partial charge in [-0.3, -0.25) is 4.79 Å². The maximum absolute atomic E-state index is 12.6. The highest BCUT2D eigenvalue weighted by Gasteiger charge is 2.38. The number of rotatable bonds is 6. The second-order valence-electron chi connectivity index (χ2n) is 6.34. The summed E-state index contributed by atoms with van der Waals surface area (Å²) in [5.41, 5.74) is 7.14. The van der Waals surface area contributed by atoms with Crippen molar-refractivity contribution in [2.75, 3.05) is 6.54 Å². The molecule has 3 nitrogen and oxygen atoms in total. The van der Waals surface area contributed by atoms with Crippen LogP contribution in [0.15, 0.2) is 30.3 Å². The monoisotopic (exact) mass is 274 g/mol.